The number of allylic oxidation sites excluding steroid dienone is 1. The Hall–Kier alpha value is -2.63. The van der Waals surface area contributed by atoms with Crippen molar-refractivity contribution in [3.63, 3.8) is 0 Å². The number of nitrogens with one attached hydrogen (secondary N) is 1. The number of carbonyl (C=O) groups excluding carboxylic acids is 1. The normalized spacial score (nSPS) is 16.8. The SMILES string of the molecule is CN(CCOc1ccccc1C(C)(C)C)C(=O)C(=N)C1CC=CN=C1N. The number of carbonyl (C=O) groups is 1. The Labute approximate surface area is 155 Å². The van der Waals surface area contributed by atoms with E-state index in [0.717, 1.165) is 11.3 Å². The standard InChI is InChI=1S/C20H28N4O2/c1-20(2,3)15-9-5-6-10-16(15)26-13-12-24(4)19(25)17(21)14-8-7-11-23-18(14)22/h5-7,9-11,14,21H,8,12-13H2,1-4H3,(H2,22,23). The van der Waals surface area contributed by atoms with Gasteiger partial charge < -0.3 is 15.4 Å². The van der Waals surface area contributed by atoms with Crippen molar-refractivity contribution in [1.82, 2.24) is 4.90 Å². The average molecular weight is 356 g/mol. The molecule has 0 bridgehead atoms. The monoisotopic (exact) mass is 356 g/mol. The van der Waals surface area contributed by atoms with E-state index in [2.05, 4.69) is 31.8 Å². The largest absolute Gasteiger partial charge is 0.491 e. The van der Waals surface area contributed by atoms with Crippen molar-refractivity contribution in [1.29, 1.82) is 5.41 Å². The summed E-state index contributed by atoms with van der Waals surface area (Å²) in [6.45, 7) is 7.15. The fraction of sp³-hybridized carbons (Fsp3) is 0.450. The molecule has 3 N–H and O–H groups in total. The Morgan fingerprint density at radius 1 is 1.38 bits per heavy atom. The van der Waals surface area contributed by atoms with Crippen molar-refractivity contribution in [3.05, 3.63) is 42.1 Å². The van der Waals surface area contributed by atoms with Crippen LogP contribution in [0.1, 0.15) is 32.8 Å². The minimum atomic E-state index is -0.447. The number of para-hydroxylation sites is 1. The molecule has 0 spiro atoms. The van der Waals surface area contributed by atoms with Crippen molar-refractivity contribution in [2.24, 2.45) is 16.6 Å². The van der Waals surface area contributed by atoms with Crippen molar-refractivity contribution >= 4 is 17.5 Å². The Bertz CT molecular complexity index is 732. The third-order valence-electron chi connectivity index (χ3n) is 4.36. The zero-order valence-corrected chi connectivity index (χ0v) is 16.0. The molecular weight excluding hydrogens is 328 g/mol. The van der Waals surface area contributed by atoms with Crippen LogP contribution < -0.4 is 10.5 Å². The Morgan fingerprint density at radius 3 is 2.73 bits per heavy atom. The van der Waals surface area contributed by atoms with E-state index >= 15 is 0 Å². The first-order valence-corrected chi connectivity index (χ1v) is 8.76. The highest BCUT2D eigenvalue weighted by atomic mass is 16.5. The van der Waals surface area contributed by atoms with Gasteiger partial charge in [-0.3, -0.25) is 10.2 Å². The second kappa shape index (κ2) is 8.17. The molecule has 140 valence electrons. The minimum Gasteiger partial charge on any atom is -0.491 e. The van der Waals surface area contributed by atoms with E-state index in [4.69, 9.17) is 15.9 Å². The molecule has 26 heavy (non-hydrogen) atoms. The first kappa shape index (κ1) is 19.7. The zero-order chi connectivity index (χ0) is 19.3. The average Bonchev–Trinajstić information content (AvgIpc) is 2.60. The van der Waals surface area contributed by atoms with E-state index in [1.54, 1.807) is 13.2 Å². The molecule has 1 aromatic carbocycles. The molecule has 6 nitrogen and oxygen atoms in total. The van der Waals surface area contributed by atoms with Crippen LogP contribution in [0, 0.1) is 11.3 Å². The van der Waals surface area contributed by atoms with Crippen molar-refractivity contribution in [2.75, 3.05) is 20.2 Å². The van der Waals surface area contributed by atoms with Gasteiger partial charge in [-0.25, -0.2) is 4.99 Å². The van der Waals surface area contributed by atoms with Gasteiger partial charge in [-0.2, -0.15) is 0 Å². The molecular formula is C20H28N4O2. The number of benzene rings is 1. The van der Waals surface area contributed by atoms with Gasteiger partial charge in [0.2, 0.25) is 0 Å². The number of likely N-dealkylation sites (N-methyl/N-ethyl adjacent to an activating group) is 1. The molecule has 0 saturated heterocycles. The highest BCUT2D eigenvalue weighted by Crippen LogP contribution is 2.30. The van der Waals surface area contributed by atoms with Crippen LogP contribution in [0.25, 0.3) is 0 Å². The number of hydrogen-bond donors (Lipinski definition) is 2. The molecule has 0 radical (unpaired) electrons. The lowest BCUT2D eigenvalue weighted by atomic mass is 9.86. The summed E-state index contributed by atoms with van der Waals surface area (Å²) < 4.78 is 5.91. The summed E-state index contributed by atoms with van der Waals surface area (Å²) >= 11 is 0. The Morgan fingerprint density at radius 2 is 2.08 bits per heavy atom. The van der Waals surface area contributed by atoms with Crippen LogP contribution in [-0.2, 0) is 10.2 Å². The molecule has 6 heteroatoms. The third kappa shape index (κ3) is 4.71. The first-order chi connectivity index (χ1) is 12.2. The van der Waals surface area contributed by atoms with Crippen LogP contribution in [0.3, 0.4) is 0 Å². The fourth-order valence-electron chi connectivity index (χ4n) is 2.77. The molecule has 1 heterocycles. The maximum absolute atomic E-state index is 12.5. The summed E-state index contributed by atoms with van der Waals surface area (Å²) in [4.78, 5) is 17.9. The summed E-state index contributed by atoms with van der Waals surface area (Å²) in [7, 11) is 1.67. The molecule has 0 saturated carbocycles. The number of amidine groups is 1. The van der Waals surface area contributed by atoms with Gasteiger partial charge in [0, 0.05) is 13.2 Å². The van der Waals surface area contributed by atoms with Gasteiger partial charge in [0.1, 0.15) is 23.9 Å². The topological polar surface area (TPSA) is 91.8 Å². The predicted molar refractivity (Wildman–Crippen MR) is 105 cm³/mol. The molecule has 0 fully saturated rings. The molecule has 0 aromatic heterocycles. The van der Waals surface area contributed by atoms with Crippen LogP contribution in [0.4, 0.5) is 0 Å². The number of ether oxygens (including phenoxy) is 1. The molecule has 1 aliphatic rings. The molecule has 2 rings (SSSR count). The van der Waals surface area contributed by atoms with Crippen molar-refractivity contribution in [3.8, 4) is 5.75 Å². The van der Waals surface area contributed by atoms with Crippen molar-refractivity contribution < 1.29 is 9.53 Å². The van der Waals surface area contributed by atoms with E-state index in [1.165, 1.54) is 4.90 Å². The van der Waals surface area contributed by atoms with Crippen LogP contribution in [0.5, 0.6) is 5.75 Å². The van der Waals surface area contributed by atoms with Crippen LogP contribution in [0.15, 0.2) is 41.5 Å². The number of nitrogens with zero attached hydrogens (tertiary/aromatic N) is 2. The van der Waals surface area contributed by atoms with Gasteiger partial charge in [0.05, 0.1) is 12.5 Å². The second-order valence-electron chi connectivity index (χ2n) is 7.46. The summed E-state index contributed by atoms with van der Waals surface area (Å²) in [5, 5.41) is 8.14. The molecule has 1 aromatic rings. The number of hydrogen-bond acceptors (Lipinski definition) is 5. The lowest BCUT2D eigenvalue weighted by Gasteiger charge is -2.25. The fourth-order valence-corrected chi connectivity index (χ4v) is 2.77. The molecule has 1 aliphatic heterocycles. The van der Waals surface area contributed by atoms with Gasteiger partial charge >= 0.3 is 0 Å². The molecule has 0 aliphatic carbocycles. The van der Waals surface area contributed by atoms with E-state index in [9.17, 15) is 4.79 Å². The summed E-state index contributed by atoms with van der Waals surface area (Å²) in [5.74, 6) is 0.341. The van der Waals surface area contributed by atoms with Crippen LogP contribution in [-0.4, -0.2) is 42.6 Å². The van der Waals surface area contributed by atoms with E-state index < -0.39 is 5.92 Å². The third-order valence-corrected chi connectivity index (χ3v) is 4.36. The van der Waals surface area contributed by atoms with Crippen molar-refractivity contribution in [2.45, 2.75) is 32.6 Å². The molecule has 1 unspecified atom stereocenters. The lowest BCUT2D eigenvalue weighted by Crippen LogP contribution is -2.43. The summed E-state index contributed by atoms with van der Waals surface area (Å²) in [6.07, 6.45) is 3.95. The molecule has 1 atom stereocenters. The predicted octanol–water partition coefficient (Wildman–Crippen LogP) is 2.73. The molecule has 1 amide bonds. The van der Waals surface area contributed by atoms with Gasteiger partial charge in [-0.1, -0.05) is 45.0 Å². The highest BCUT2D eigenvalue weighted by molar-refractivity contribution is 6.41. The van der Waals surface area contributed by atoms with Gasteiger partial charge in [-0.05, 0) is 23.5 Å². The minimum absolute atomic E-state index is 0.0220. The summed E-state index contributed by atoms with van der Waals surface area (Å²) in [5.41, 5.74) is 6.88. The highest BCUT2D eigenvalue weighted by Gasteiger charge is 2.27. The number of nitrogens with two attached hydrogens (primary N) is 1. The Balaban J connectivity index is 1.92. The van der Waals surface area contributed by atoms with E-state index in [-0.39, 0.29) is 17.0 Å². The van der Waals surface area contributed by atoms with Crippen LogP contribution >= 0.6 is 0 Å². The zero-order valence-electron chi connectivity index (χ0n) is 16.0. The first-order valence-electron chi connectivity index (χ1n) is 8.76. The van der Waals surface area contributed by atoms with E-state index in [1.807, 2.05) is 24.3 Å². The lowest BCUT2D eigenvalue weighted by molar-refractivity contribution is -0.123. The Kier molecular flexibility index (Phi) is 6.18. The van der Waals surface area contributed by atoms with Gasteiger partial charge in [-0.15, -0.1) is 0 Å². The number of rotatable bonds is 6. The number of amides is 1. The smallest absolute Gasteiger partial charge is 0.268 e. The maximum Gasteiger partial charge on any atom is 0.268 e. The van der Waals surface area contributed by atoms with E-state index in [0.29, 0.717) is 25.4 Å². The summed E-state index contributed by atoms with van der Waals surface area (Å²) in [6, 6.07) is 7.93. The number of aliphatic imine (C=N–C) groups is 1. The second-order valence-corrected chi connectivity index (χ2v) is 7.46. The maximum atomic E-state index is 12.5. The quantitative estimate of drug-likeness (QED) is 0.768. The van der Waals surface area contributed by atoms with Crippen LogP contribution in [0.2, 0.25) is 0 Å². The van der Waals surface area contributed by atoms with Gasteiger partial charge in [0.25, 0.3) is 5.91 Å². The van der Waals surface area contributed by atoms with Gasteiger partial charge in [0.15, 0.2) is 0 Å².